The number of carbonyl (C=O) groups excluding carboxylic acids is 1. The lowest BCUT2D eigenvalue weighted by molar-refractivity contribution is -0.108. The minimum atomic E-state index is -0.357. The molecule has 0 spiro atoms. The number of halogens is 2. The van der Waals surface area contributed by atoms with Gasteiger partial charge in [-0.25, -0.2) is 0 Å². The maximum absolute atomic E-state index is 11.1. The molecule has 0 aliphatic carbocycles. The Bertz CT molecular complexity index is 728. The number of carbonyl (C=O) groups is 1. The summed E-state index contributed by atoms with van der Waals surface area (Å²) in [6, 6.07) is 12.6. The van der Waals surface area contributed by atoms with E-state index in [0.717, 1.165) is 28.8 Å². The predicted octanol–water partition coefficient (Wildman–Crippen LogP) is 3.82. The molecule has 0 saturated heterocycles. The van der Waals surface area contributed by atoms with Crippen LogP contribution in [0.4, 0.5) is 5.69 Å². The fourth-order valence-corrected chi connectivity index (χ4v) is 2.72. The molecule has 1 unspecified atom stereocenters. The molecule has 3 nitrogen and oxygen atoms in total. The van der Waals surface area contributed by atoms with E-state index in [1.807, 2.05) is 36.4 Å². The Hall–Kier alpha value is -1.84. The lowest BCUT2D eigenvalue weighted by Gasteiger charge is -2.13. The molecule has 2 aromatic rings. The van der Waals surface area contributed by atoms with Crippen molar-refractivity contribution >= 4 is 40.9 Å². The van der Waals surface area contributed by atoms with Crippen molar-refractivity contribution in [3.63, 3.8) is 0 Å². The van der Waals surface area contributed by atoms with E-state index < -0.39 is 0 Å². The molecule has 0 saturated carbocycles. The van der Waals surface area contributed by atoms with Crippen molar-refractivity contribution in [3.05, 3.63) is 63.6 Å². The van der Waals surface area contributed by atoms with Gasteiger partial charge in [-0.2, -0.15) is 0 Å². The minimum Gasteiger partial charge on any atom is -0.373 e. The van der Waals surface area contributed by atoms with Crippen molar-refractivity contribution in [1.82, 2.24) is 0 Å². The van der Waals surface area contributed by atoms with Gasteiger partial charge in [-0.15, -0.1) is 0 Å². The first-order valence-electron chi connectivity index (χ1n) is 6.50. The Balaban J connectivity index is 2.20. The molecule has 1 aliphatic heterocycles. The highest BCUT2D eigenvalue weighted by molar-refractivity contribution is 6.36. The third-order valence-corrected chi connectivity index (χ3v) is 3.88. The predicted molar refractivity (Wildman–Crippen MR) is 86.9 cm³/mol. The third kappa shape index (κ3) is 2.80. The fraction of sp³-hybridized carbons (Fsp3) is 0.125. The quantitative estimate of drug-likeness (QED) is 0.855. The molecule has 2 aromatic carbocycles. The zero-order valence-corrected chi connectivity index (χ0v) is 12.5. The summed E-state index contributed by atoms with van der Waals surface area (Å²) in [5.41, 5.74) is 3.25. The van der Waals surface area contributed by atoms with Crippen LogP contribution in [0.3, 0.4) is 0 Å². The lowest BCUT2D eigenvalue weighted by atomic mass is 10.0. The fourth-order valence-electron chi connectivity index (χ4n) is 2.32. The Morgan fingerprint density at radius 2 is 1.95 bits per heavy atom. The van der Waals surface area contributed by atoms with E-state index in [4.69, 9.17) is 23.2 Å². The topological polar surface area (TPSA) is 41.5 Å². The number of rotatable bonds is 2. The molecule has 0 fully saturated rings. The second-order valence-corrected chi connectivity index (χ2v) is 5.59. The van der Waals surface area contributed by atoms with Crippen LogP contribution in [0.1, 0.15) is 11.1 Å². The van der Waals surface area contributed by atoms with Crippen molar-refractivity contribution in [2.75, 3.05) is 11.9 Å². The molecule has 1 heterocycles. The molecule has 21 heavy (non-hydrogen) atoms. The first kappa shape index (κ1) is 14.1. The summed E-state index contributed by atoms with van der Waals surface area (Å²) in [6.45, 7) is 0.357. The lowest BCUT2D eigenvalue weighted by Crippen LogP contribution is -2.23. The van der Waals surface area contributed by atoms with Gasteiger partial charge in [0.2, 0.25) is 0 Å². The molecule has 106 valence electrons. The molecule has 1 atom stereocenters. The van der Waals surface area contributed by atoms with Crippen molar-refractivity contribution in [2.24, 2.45) is 4.99 Å². The number of nitrogens with zero attached hydrogens (tertiary/aromatic N) is 1. The largest absolute Gasteiger partial charge is 0.373 e. The first-order chi connectivity index (χ1) is 10.2. The number of benzodiazepines with no additional fused rings is 1. The van der Waals surface area contributed by atoms with E-state index in [1.54, 1.807) is 6.07 Å². The third-order valence-electron chi connectivity index (χ3n) is 3.32. The maximum Gasteiger partial charge on any atom is 0.144 e. The van der Waals surface area contributed by atoms with E-state index in [2.05, 4.69) is 10.3 Å². The Kier molecular flexibility index (Phi) is 3.95. The average molecular weight is 319 g/mol. The van der Waals surface area contributed by atoms with Gasteiger partial charge in [0.15, 0.2) is 0 Å². The normalized spacial score (nSPS) is 17.2. The van der Waals surface area contributed by atoms with Gasteiger partial charge in [0.05, 0.1) is 12.3 Å². The molecule has 0 radical (unpaired) electrons. The molecule has 0 bridgehead atoms. The monoisotopic (exact) mass is 318 g/mol. The molecular formula is C16H12Cl2N2O. The van der Waals surface area contributed by atoms with Gasteiger partial charge in [-0.3, -0.25) is 4.99 Å². The molecule has 0 amide bonds. The zero-order valence-electron chi connectivity index (χ0n) is 11.0. The van der Waals surface area contributed by atoms with Gasteiger partial charge in [0, 0.05) is 26.9 Å². The van der Waals surface area contributed by atoms with Crippen LogP contribution in [0.25, 0.3) is 0 Å². The highest BCUT2D eigenvalue weighted by Gasteiger charge is 2.20. The second-order valence-electron chi connectivity index (χ2n) is 4.75. The van der Waals surface area contributed by atoms with Gasteiger partial charge >= 0.3 is 0 Å². The molecule has 5 heteroatoms. The number of aliphatic imine (C=N–C) groups is 1. The van der Waals surface area contributed by atoms with Crippen molar-refractivity contribution in [1.29, 1.82) is 0 Å². The summed E-state index contributed by atoms with van der Waals surface area (Å²) >= 11 is 12.4. The molecule has 3 rings (SSSR count). The molecular weight excluding hydrogens is 307 g/mol. The summed E-state index contributed by atoms with van der Waals surface area (Å²) in [6.07, 6.45) is 0.859. The van der Waals surface area contributed by atoms with E-state index in [-0.39, 0.29) is 6.04 Å². The van der Waals surface area contributed by atoms with Crippen molar-refractivity contribution < 1.29 is 4.79 Å². The Morgan fingerprint density at radius 3 is 2.71 bits per heavy atom. The van der Waals surface area contributed by atoms with Gasteiger partial charge < -0.3 is 10.1 Å². The van der Waals surface area contributed by atoms with Crippen LogP contribution in [0.2, 0.25) is 10.0 Å². The highest BCUT2D eigenvalue weighted by atomic mass is 35.5. The van der Waals surface area contributed by atoms with E-state index >= 15 is 0 Å². The summed E-state index contributed by atoms with van der Waals surface area (Å²) in [5.74, 6) is 0. The zero-order chi connectivity index (χ0) is 14.8. The summed E-state index contributed by atoms with van der Waals surface area (Å²) < 4.78 is 0. The number of benzene rings is 2. The highest BCUT2D eigenvalue weighted by Crippen LogP contribution is 2.29. The van der Waals surface area contributed by atoms with Crippen LogP contribution in [0.15, 0.2) is 47.5 Å². The van der Waals surface area contributed by atoms with Crippen LogP contribution >= 0.6 is 23.2 Å². The number of aldehydes is 1. The number of hydrogen-bond donors (Lipinski definition) is 1. The minimum absolute atomic E-state index is 0.357. The van der Waals surface area contributed by atoms with Crippen LogP contribution < -0.4 is 5.32 Å². The van der Waals surface area contributed by atoms with E-state index in [0.29, 0.717) is 16.6 Å². The summed E-state index contributed by atoms with van der Waals surface area (Å²) in [7, 11) is 0. The van der Waals surface area contributed by atoms with Crippen molar-refractivity contribution in [3.8, 4) is 0 Å². The molecule has 1 aliphatic rings. The number of anilines is 1. The van der Waals surface area contributed by atoms with E-state index in [9.17, 15) is 4.79 Å². The SMILES string of the molecule is O=CC1CN=C(c2ccccc2Cl)c2cc(Cl)ccc2N1. The van der Waals surface area contributed by atoms with Crippen LogP contribution in [-0.4, -0.2) is 24.6 Å². The average Bonchev–Trinajstić information content (AvgIpc) is 2.67. The van der Waals surface area contributed by atoms with Gasteiger partial charge in [-0.1, -0.05) is 41.4 Å². The van der Waals surface area contributed by atoms with Crippen LogP contribution in [-0.2, 0) is 4.79 Å². The first-order valence-corrected chi connectivity index (χ1v) is 7.26. The standard InChI is InChI=1S/C16H12Cl2N2O/c17-10-5-6-15-13(7-10)16(19-8-11(9-21)20-15)12-3-1-2-4-14(12)18/h1-7,9,11,20H,8H2. The van der Waals surface area contributed by atoms with Gasteiger partial charge in [0.1, 0.15) is 12.3 Å². The van der Waals surface area contributed by atoms with E-state index in [1.165, 1.54) is 0 Å². The maximum atomic E-state index is 11.1. The summed E-state index contributed by atoms with van der Waals surface area (Å²) in [5, 5.41) is 4.40. The molecule has 0 aromatic heterocycles. The van der Waals surface area contributed by atoms with Crippen LogP contribution in [0, 0.1) is 0 Å². The van der Waals surface area contributed by atoms with Crippen LogP contribution in [0.5, 0.6) is 0 Å². The number of nitrogens with one attached hydrogen (secondary N) is 1. The smallest absolute Gasteiger partial charge is 0.144 e. The second kappa shape index (κ2) is 5.88. The number of fused-ring (bicyclic) bond motifs is 1. The summed E-state index contributed by atoms with van der Waals surface area (Å²) in [4.78, 5) is 15.7. The number of hydrogen-bond acceptors (Lipinski definition) is 3. The van der Waals surface area contributed by atoms with Gasteiger partial charge in [-0.05, 0) is 24.3 Å². The Morgan fingerprint density at radius 1 is 1.14 bits per heavy atom. The van der Waals surface area contributed by atoms with Crippen molar-refractivity contribution in [2.45, 2.75) is 6.04 Å². The molecule has 1 N–H and O–H groups in total. The van der Waals surface area contributed by atoms with Gasteiger partial charge in [0.25, 0.3) is 0 Å². The Labute approximate surface area is 132 Å².